The Bertz CT molecular complexity index is 475. The quantitative estimate of drug-likeness (QED) is 0.785. The zero-order valence-corrected chi connectivity index (χ0v) is 13.3. The van der Waals surface area contributed by atoms with Gasteiger partial charge in [-0.2, -0.15) is 0 Å². The first-order valence-corrected chi connectivity index (χ1v) is 7.16. The summed E-state index contributed by atoms with van der Waals surface area (Å²) in [6.07, 6.45) is 0. The Morgan fingerprint density at radius 2 is 1.79 bits per heavy atom. The second kappa shape index (κ2) is 6.54. The number of halogens is 1. The molecule has 0 N–H and O–H groups in total. The molecule has 0 unspecified atom stereocenters. The van der Waals surface area contributed by atoms with Crippen molar-refractivity contribution >= 4 is 33.1 Å². The van der Waals surface area contributed by atoms with Crippen LogP contribution in [0, 0.1) is 0 Å². The third-order valence-electron chi connectivity index (χ3n) is 3.00. The van der Waals surface area contributed by atoms with Crippen molar-refractivity contribution < 1.29 is 14.2 Å². The minimum absolute atomic E-state index is 0.677. The van der Waals surface area contributed by atoms with Gasteiger partial charge in [-0.25, -0.2) is 0 Å². The molecule has 1 heterocycles. The Morgan fingerprint density at radius 3 is 2.37 bits per heavy atom. The highest BCUT2D eigenvalue weighted by Gasteiger charge is 2.19. The normalized spacial score (nSPS) is 15.2. The molecule has 6 heteroatoms. The van der Waals surface area contributed by atoms with Crippen molar-refractivity contribution in [1.82, 2.24) is 4.90 Å². The van der Waals surface area contributed by atoms with Gasteiger partial charge < -0.3 is 19.1 Å². The molecular formula is C13H16BrNO3S. The number of ether oxygens (including phenoxy) is 3. The largest absolute Gasteiger partial charge is 0.493 e. The van der Waals surface area contributed by atoms with E-state index in [1.807, 2.05) is 12.1 Å². The fourth-order valence-electron chi connectivity index (χ4n) is 1.95. The zero-order chi connectivity index (χ0) is 13.8. The van der Waals surface area contributed by atoms with Gasteiger partial charge in [0.1, 0.15) is 4.99 Å². The van der Waals surface area contributed by atoms with Crippen LogP contribution in [0.3, 0.4) is 0 Å². The molecule has 0 bridgehead atoms. The van der Waals surface area contributed by atoms with Gasteiger partial charge in [-0.15, -0.1) is 0 Å². The van der Waals surface area contributed by atoms with Crippen LogP contribution in [-0.4, -0.2) is 50.4 Å². The summed E-state index contributed by atoms with van der Waals surface area (Å²) in [6.45, 7) is 3.06. The molecule has 4 nitrogen and oxygen atoms in total. The van der Waals surface area contributed by atoms with Crippen molar-refractivity contribution in [2.24, 2.45) is 0 Å². The summed E-state index contributed by atoms with van der Waals surface area (Å²) < 4.78 is 16.8. The van der Waals surface area contributed by atoms with E-state index in [0.29, 0.717) is 24.7 Å². The minimum atomic E-state index is 0.677. The molecule has 1 aromatic rings. The Morgan fingerprint density at radius 1 is 1.21 bits per heavy atom. The zero-order valence-electron chi connectivity index (χ0n) is 10.9. The van der Waals surface area contributed by atoms with E-state index < -0.39 is 0 Å². The molecule has 0 aliphatic carbocycles. The monoisotopic (exact) mass is 345 g/mol. The van der Waals surface area contributed by atoms with Crippen LogP contribution in [-0.2, 0) is 4.74 Å². The fraction of sp³-hybridized carbons (Fsp3) is 0.462. The summed E-state index contributed by atoms with van der Waals surface area (Å²) in [5.41, 5.74) is 0.939. The van der Waals surface area contributed by atoms with Gasteiger partial charge in [0.05, 0.1) is 27.4 Å². The third kappa shape index (κ3) is 3.19. The highest BCUT2D eigenvalue weighted by molar-refractivity contribution is 9.10. The minimum Gasteiger partial charge on any atom is -0.493 e. The molecule has 1 aromatic carbocycles. The van der Waals surface area contributed by atoms with Gasteiger partial charge in [0.25, 0.3) is 0 Å². The summed E-state index contributed by atoms with van der Waals surface area (Å²) in [5.74, 6) is 1.36. The van der Waals surface area contributed by atoms with Crippen LogP contribution in [0.2, 0.25) is 0 Å². The summed E-state index contributed by atoms with van der Waals surface area (Å²) >= 11 is 9.10. The molecule has 0 atom stereocenters. The Hall–Kier alpha value is -0.850. The van der Waals surface area contributed by atoms with Crippen LogP contribution in [0.1, 0.15) is 5.56 Å². The predicted molar refractivity (Wildman–Crippen MR) is 81.3 cm³/mol. The maximum Gasteiger partial charge on any atom is 0.161 e. The van der Waals surface area contributed by atoms with E-state index in [1.54, 1.807) is 14.2 Å². The summed E-state index contributed by atoms with van der Waals surface area (Å²) in [4.78, 5) is 2.95. The van der Waals surface area contributed by atoms with Crippen LogP contribution in [0.5, 0.6) is 11.5 Å². The van der Waals surface area contributed by atoms with E-state index in [2.05, 4.69) is 20.8 Å². The molecule has 1 aliphatic rings. The molecule has 0 aromatic heterocycles. The molecule has 104 valence electrons. The number of rotatable bonds is 3. The van der Waals surface area contributed by atoms with Gasteiger partial charge in [-0.3, -0.25) is 0 Å². The number of methoxy groups -OCH3 is 2. The maximum atomic E-state index is 5.56. The lowest BCUT2D eigenvalue weighted by atomic mass is 10.1. The van der Waals surface area contributed by atoms with Crippen molar-refractivity contribution in [2.45, 2.75) is 0 Å². The van der Waals surface area contributed by atoms with Gasteiger partial charge >= 0.3 is 0 Å². The van der Waals surface area contributed by atoms with Crippen molar-refractivity contribution in [3.05, 3.63) is 22.2 Å². The Balaban J connectivity index is 2.30. The summed E-state index contributed by atoms with van der Waals surface area (Å²) in [5, 5.41) is 0. The second-order valence-corrected chi connectivity index (χ2v) is 5.33. The van der Waals surface area contributed by atoms with E-state index in [-0.39, 0.29) is 0 Å². The van der Waals surface area contributed by atoms with E-state index in [1.165, 1.54) is 0 Å². The highest BCUT2D eigenvalue weighted by atomic mass is 79.9. The van der Waals surface area contributed by atoms with Gasteiger partial charge in [-0.1, -0.05) is 12.2 Å². The van der Waals surface area contributed by atoms with Crippen LogP contribution in [0.25, 0.3) is 0 Å². The van der Waals surface area contributed by atoms with E-state index in [9.17, 15) is 0 Å². The average Bonchev–Trinajstić information content (AvgIpc) is 2.47. The third-order valence-corrected chi connectivity index (χ3v) is 4.14. The van der Waals surface area contributed by atoms with Crippen LogP contribution in [0.4, 0.5) is 0 Å². The number of nitrogens with zero attached hydrogens (tertiary/aromatic N) is 1. The molecule has 1 saturated heterocycles. The Labute approximate surface area is 126 Å². The van der Waals surface area contributed by atoms with Gasteiger partial charge in [0.2, 0.25) is 0 Å². The number of hydrogen-bond donors (Lipinski definition) is 0. The SMILES string of the molecule is COc1cc(Br)c(C(=S)N2CCOCC2)cc1OC. The van der Waals surface area contributed by atoms with E-state index in [4.69, 9.17) is 26.4 Å². The van der Waals surface area contributed by atoms with Crippen molar-refractivity contribution in [3.8, 4) is 11.5 Å². The van der Waals surface area contributed by atoms with E-state index in [0.717, 1.165) is 28.1 Å². The van der Waals surface area contributed by atoms with Crippen LogP contribution in [0.15, 0.2) is 16.6 Å². The van der Waals surface area contributed by atoms with Crippen molar-refractivity contribution in [1.29, 1.82) is 0 Å². The number of hydrogen-bond acceptors (Lipinski definition) is 4. The average molecular weight is 346 g/mol. The van der Waals surface area contributed by atoms with Gasteiger partial charge in [-0.05, 0) is 28.1 Å². The standard InChI is InChI=1S/C13H16BrNO3S/c1-16-11-7-9(10(14)8-12(11)17-2)13(19)15-3-5-18-6-4-15/h7-8H,3-6H2,1-2H3. The lowest BCUT2D eigenvalue weighted by Crippen LogP contribution is -2.40. The topological polar surface area (TPSA) is 30.9 Å². The molecule has 0 saturated carbocycles. The maximum absolute atomic E-state index is 5.56. The molecule has 19 heavy (non-hydrogen) atoms. The number of thiocarbonyl (C=S) groups is 1. The van der Waals surface area contributed by atoms with Gasteiger partial charge in [0.15, 0.2) is 11.5 Å². The highest BCUT2D eigenvalue weighted by Crippen LogP contribution is 2.34. The van der Waals surface area contributed by atoms with Crippen LogP contribution >= 0.6 is 28.1 Å². The molecule has 0 spiro atoms. The molecule has 1 fully saturated rings. The van der Waals surface area contributed by atoms with Gasteiger partial charge in [0, 0.05) is 23.1 Å². The molecule has 1 aliphatic heterocycles. The first-order valence-electron chi connectivity index (χ1n) is 5.96. The predicted octanol–water partition coefficient (Wildman–Crippen LogP) is 2.47. The first kappa shape index (κ1) is 14.6. The van der Waals surface area contributed by atoms with Crippen molar-refractivity contribution in [2.75, 3.05) is 40.5 Å². The number of morpholine rings is 1. The van der Waals surface area contributed by atoms with Crippen LogP contribution < -0.4 is 9.47 Å². The second-order valence-electron chi connectivity index (χ2n) is 4.09. The number of benzene rings is 1. The fourth-order valence-corrected chi connectivity index (χ4v) is 2.95. The van der Waals surface area contributed by atoms with E-state index >= 15 is 0 Å². The molecular weight excluding hydrogens is 330 g/mol. The van der Waals surface area contributed by atoms with Crippen molar-refractivity contribution in [3.63, 3.8) is 0 Å². The summed E-state index contributed by atoms with van der Waals surface area (Å²) in [7, 11) is 3.23. The first-order chi connectivity index (χ1) is 9.17. The summed E-state index contributed by atoms with van der Waals surface area (Å²) in [6, 6.07) is 3.78. The molecule has 2 rings (SSSR count). The molecule has 0 amide bonds. The smallest absolute Gasteiger partial charge is 0.161 e. The Kier molecular flexibility index (Phi) is 5.01. The lowest BCUT2D eigenvalue weighted by molar-refractivity contribution is 0.0692. The molecule has 0 radical (unpaired) electrons. The lowest BCUT2D eigenvalue weighted by Gasteiger charge is -2.29.